The highest BCUT2D eigenvalue weighted by molar-refractivity contribution is 5.48. The standard InChI is InChI=1S/C17H20FNO2/c1-19-15(11-12-6-4-7-13(18)10-12)14-8-5-9-16(20-2)17(14)21-3/h4-10,15,19H,11H2,1-3H3. The van der Waals surface area contributed by atoms with Crippen molar-refractivity contribution in [3.8, 4) is 11.5 Å². The highest BCUT2D eigenvalue weighted by atomic mass is 19.1. The van der Waals surface area contributed by atoms with E-state index in [1.165, 1.54) is 6.07 Å². The number of hydrogen-bond acceptors (Lipinski definition) is 3. The van der Waals surface area contributed by atoms with Crippen LogP contribution >= 0.6 is 0 Å². The molecule has 0 aliphatic carbocycles. The number of halogens is 1. The Morgan fingerprint density at radius 2 is 1.86 bits per heavy atom. The van der Waals surface area contributed by atoms with E-state index in [2.05, 4.69) is 5.32 Å². The maximum absolute atomic E-state index is 13.3. The predicted molar refractivity (Wildman–Crippen MR) is 81.5 cm³/mol. The van der Waals surface area contributed by atoms with E-state index in [0.29, 0.717) is 17.9 Å². The molecule has 1 N–H and O–H groups in total. The van der Waals surface area contributed by atoms with Crippen LogP contribution < -0.4 is 14.8 Å². The summed E-state index contributed by atoms with van der Waals surface area (Å²) in [6.45, 7) is 0. The zero-order valence-electron chi connectivity index (χ0n) is 12.5. The molecule has 1 atom stereocenters. The van der Waals surface area contributed by atoms with Crippen LogP contribution in [0.5, 0.6) is 11.5 Å². The van der Waals surface area contributed by atoms with Crippen LogP contribution in [-0.2, 0) is 6.42 Å². The van der Waals surface area contributed by atoms with Gasteiger partial charge in [-0.3, -0.25) is 0 Å². The molecule has 0 aliphatic rings. The van der Waals surface area contributed by atoms with Gasteiger partial charge in [-0.05, 0) is 37.2 Å². The molecule has 2 rings (SSSR count). The van der Waals surface area contributed by atoms with E-state index in [1.807, 2.05) is 31.3 Å². The molecule has 0 amide bonds. The van der Waals surface area contributed by atoms with Gasteiger partial charge in [-0.1, -0.05) is 24.3 Å². The molecule has 112 valence electrons. The molecule has 0 spiro atoms. The van der Waals surface area contributed by atoms with Gasteiger partial charge in [0.2, 0.25) is 0 Å². The molecular weight excluding hydrogens is 269 g/mol. The van der Waals surface area contributed by atoms with Gasteiger partial charge < -0.3 is 14.8 Å². The lowest BCUT2D eigenvalue weighted by atomic mass is 9.97. The van der Waals surface area contributed by atoms with Gasteiger partial charge in [0.15, 0.2) is 11.5 Å². The average Bonchev–Trinajstić information content (AvgIpc) is 2.51. The molecule has 0 radical (unpaired) electrons. The molecule has 21 heavy (non-hydrogen) atoms. The summed E-state index contributed by atoms with van der Waals surface area (Å²) in [6, 6.07) is 12.4. The largest absolute Gasteiger partial charge is 0.493 e. The van der Waals surface area contributed by atoms with E-state index in [0.717, 1.165) is 11.1 Å². The summed E-state index contributed by atoms with van der Waals surface area (Å²) in [5.74, 6) is 1.17. The number of methoxy groups -OCH3 is 2. The second-order valence-electron chi connectivity index (χ2n) is 4.76. The molecular formula is C17H20FNO2. The van der Waals surface area contributed by atoms with Crippen LogP contribution in [0.25, 0.3) is 0 Å². The Kier molecular flexibility index (Phi) is 5.17. The monoisotopic (exact) mass is 289 g/mol. The van der Waals surface area contributed by atoms with Crippen LogP contribution in [0, 0.1) is 5.82 Å². The minimum atomic E-state index is -0.222. The molecule has 0 saturated carbocycles. The lowest BCUT2D eigenvalue weighted by Crippen LogP contribution is -2.19. The van der Waals surface area contributed by atoms with Crippen LogP contribution in [0.1, 0.15) is 17.2 Å². The highest BCUT2D eigenvalue weighted by Crippen LogP contribution is 2.35. The van der Waals surface area contributed by atoms with Crippen molar-refractivity contribution in [3.63, 3.8) is 0 Å². The number of para-hydroxylation sites is 1. The molecule has 0 heterocycles. The molecule has 0 aromatic heterocycles. The first kappa shape index (κ1) is 15.3. The fourth-order valence-electron chi connectivity index (χ4n) is 2.45. The van der Waals surface area contributed by atoms with Gasteiger partial charge in [-0.2, -0.15) is 0 Å². The number of rotatable bonds is 6. The smallest absolute Gasteiger partial charge is 0.165 e. The van der Waals surface area contributed by atoms with Gasteiger partial charge in [0.25, 0.3) is 0 Å². The van der Waals surface area contributed by atoms with E-state index in [-0.39, 0.29) is 11.9 Å². The minimum absolute atomic E-state index is 0.0110. The Balaban J connectivity index is 2.33. The van der Waals surface area contributed by atoms with Crippen LogP contribution in [-0.4, -0.2) is 21.3 Å². The summed E-state index contributed by atoms with van der Waals surface area (Å²) in [7, 11) is 5.11. The van der Waals surface area contributed by atoms with Crippen molar-refractivity contribution in [2.24, 2.45) is 0 Å². The lowest BCUT2D eigenvalue weighted by molar-refractivity contribution is 0.347. The minimum Gasteiger partial charge on any atom is -0.493 e. The summed E-state index contributed by atoms with van der Waals surface area (Å²) in [5, 5.41) is 3.25. The first-order valence-corrected chi connectivity index (χ1v) is 6.82. The Labute approximate surface area is 124 Å². The first-order valence-electron chi connectivity index (χ1n) is 6.82. The van der Waals surface area contributed by atoms with Gasteiger partial charge in [0, 0.05) is 11.6 Å². The third-order valence-electron chi connectivity index (χ3n) is 3.49. The second-order valence-corrected chi connectivity index (χ2v) is 4.76. The zero-order valence-corrected chi connectivity index (χ0v) is 12.5. The summed E-state index contributed by atoms with van der Waals surface area (Å²) >= 11 is 0. The van der Waals surface area contributed by atoms with Gasteiger partial charge in [0.05, 0.1) is 14.2 Å². The Bertz CT molecular complexity index is 601. The van der Waals surface area contributed by atoms with Gasteiger partial charge in [0.1, 0.15) is 5.82 Å². The molecule has 4 heteroatoms. The zero-order chi connectivity index (χ0) is 15.2. The van der Waals surface area contributed by atoms with Crippen LogP contribution in [0.4, 0.5) is 4.39 Å². The van der Waals surface area contributed by atoms with Gasteiger partial charge in [-0.15, -0.1) is 0 Å². The summed E-state index contributed by atoms with van der Waals surface area (Å²) < 4.78 is 24.1. The SMILES string of the molecule is CNC(Cc1cccc(F)c1)c1cccc(OC)c1OC. The van der Waals surface area contributed by atoms with E-state index in [1.54, 1.807) is 26.4 Å². The van der Waals surface area contributed by atoms with Crippen LogP contribution in [0.3, 0.4) is 0 Å². The summed E-state index contributed by atoms with van der Waals surface area (Å²) in [6.07, 6.45) is 0.664. The maximum Gasteiger partial charge on any atom is 0.165 e. The van der Waals surface area contributed by atoms with E-state index < -0.39 is 0 Å². The molecule has 2 aromatic carbocycles. The Morgan fingerprint density at radius 3 is 2.48 bits per heavy atom. The number of benzene rings is 2. The fraction of sp³-hybridized carbons (Fsp3) is 0.294. The fourth-order valence-corrected chi connectivity index (χ4v) is 2.45. The normalized spacial score (nSPS) is 12.0. The second kappa shape index (κ2) is 7.09. The molecule has 0 bridgehead atoms. The summed E-state index contributed by atoms with van der Waals surface area (Å²) in [5.41, 5.74) is 1.92. The third-order valence-corrected chi connectivity index (χ3v) is 3.49. The van der Waals surface area contributed by atoms with E-state index >= 15 is 0 Å². The Hall–Kier alpha value is -2.07. The Morgan fingerprint density at radius 1 is 1.10 bits per heavy atom. The van der Waals surface area contributed by atoms with Crippen molar-refractivity contribution in [1.82, 2.24) is 5.32 Å². The predicted octanol–water partition coefficient (Wildman–Crippen LogP) is 3.35. The summed E-state index contributed by atoms with van der Waals surface area (Å²) in [4.78, 5) is 0. The van der Waals surface area contributed by atoms with Crippen molar-refractivity contribution < 1.29 is 13.9 Å². The van der Waals surface area contributed by atoms with Gasteiger partial charge in [-0.25, -0.2) is 4.39 Å². The van der Waals surface area contributed by atoms with Crippen molar-refractivity contribution in [3.05, 3.63) is 59.4 Å². The number of nitrogens with one attached hydrogen (secondary N) is 1. The van der Waals surface area contributed by atoms with Crippen molar-refractivity contribution in [1.29, 1.82) is 0 Å². The number of likely N-dealkylation sites (N-methyl/N-ethyl adjacent to an activating group) is 1. The molecule has 0 saturated heterocycles. The van der Waals surface area contributed by atoms with Crippen molar-refractivity contribution in [2.75, 3.05) is 21.3 Å². The first-order chi connectivity index (χ1) is 10.2. The van der Waals surface area contributed by atoms with Crippen molar-refractivity contribution in [2.45, 2.75) is 12.5 Å². The molecule has 3 nitrogen and oxygen atoms in total. The molecule has 0 fully saturated rings. The highest BCUT2D eigenvalue weighted by Gasteiger charge is 2.18. The van der Waals surface area contributed by atoms with Crippen LogP contribution in [0.15, 0.2) is 42.5 Å². The number of hydrogen-bond donors (Lipinski definition) is 1. The van der Waals surface area contributed by atoms with Crippen LogP contribution in [0.2, 0.25) is 0 Å². The maximum atomic E-state index is 13.3. The van der Waals surface area contributed by atoms with Crippen molar-refractivity contribution >= 4 is 0 Å². The molecule has 2 aromatic rings. The quantitative estimate of drug-likeness (QED) is 0.884. The van der Waals surface area contributed by atoms with Gasteiger partial charge >= 0.3 is 0 Å². The topological polar surface area (TPSA) is 30.5 Å². The third kappa shape index (κ3) is 3.52. The average molecular weight is 289 g/mol. The van der Waals surface area contributed by atoms with E-state index in [9.17, 15) is 4.39 Å². The molecule has 1 unspecified atom stereocenters. The van der Waals surface area contributed by atoms with E-state index in [4.69, 9.17) is 9.47 Å². The molecule has 0 aliphatic heterocycles. The lowest BCUT2D eigenvalue weighted by Gasteiger charge is -2.21. The number of ether oxygens (including phenoxy) is 2.